The van der Waals surface area contributed by atoms with Crippen molar-refractivity contribution in [1.29, 1.82) is 0 Å². The zero-order chi connectivity index (χ0) is 9.14. The van der Waals surface area contributed by atoms with E-state index in [1.54, 1.807) is 13.0 Å². The summed E-state index contributed by atoms with van der Waals surface area (Å²) < 4.78 is 12.8. The maximum Gasteiger partial charge on any atom is 0.153 e. The van der Waals surface area contributed by atoms with Crippen LogP contribution in [0.2, 0.25) is 0 Å². The van der Waals surface area contributed by atoms with Crippen LogP contribution in [0.4, 0.5) is 4.39 Å². The van der Waals surface area contributed by atoms with Crippen molar-refractivity contribution in [2.75, 3.05) is 0 Å². The van der Waals surface area contributed by atoms with E-state index in [0.717, 1.165) is 5.56 Å². The molecule has 2 N–H and O–H groups in total. The summed E-state index contributed by atoms with van der Waals surface area (Å²) in [5.74, 6) is -0.505. The molecule has 0 aliphatic heterocycles. The maximum atomic E-state index is 12.8. The Labute approximate surface area is 70.2 Å². The van der Waals surface area contributed by atoms with Crippen LogP contribution in [0.3, 0.4) is 0 Å². The zero-order valence-electron chi connectivity index (χ0n) is 6.75. The molecule has 1 atom stereocenters. The van der Waals surface area contributed by atoms with Gasteiger partial charge in [0.2, 0.25) is 0 Å². The highest BCUT2D eigenvalue weighted by Crippen LogP contribution is 2.13. The number of carbonyl (C=O) groups excluding carboxylic acids is 1. The van der Waals surface area contributed by atoms with E-state index >= 15 is 0 Å². The number of aldehydes is 1. The highest BCUT2D eigenvalue weighted by Gasteiger charge is 2.04. The molecule has 0 radical (unpaired) electrons. The van der Waals surface area contributed by atoms with Crippen molar-refractivity contribution in [3.63, 3.8) is 0 Å². The molecule has 1 aromatic rings. The van der Waals surface area contributed by atoms with Gasteiger partial charge in [0.25, 0.3) is 0 Å². The average Bonchev–Trinajstić information content (AvgIpc) is 2.05. The highest BCUT2D eigenvalue weighted by atomic mass is 19.1. The van der Waals surface area contributed by atoms with E-state index in [1.165, 1.54) is 12.1 Å². The summed E-state index contributed by atoms with van der Waals surface area (Å²) in [6.45, 7) is 1.78. The second-order valence-electron chi connectivity index (χ2n) is 2.69. The van der Waals surface area contributed by atoms with Gasteiger partial charge in [-0.05, 0) is 24.6 Å². The number of carbonyl (C=O) groups is 1. The monoisotopic (exact) mass is 167 g/mol. The molecule has 64 valence electrons. The summed E-state index contributed by atoms with van der Waals surface area (Å²) in [6, 6.07) is 4.12. The summed E-state index contributed by atoms with van der Waals surface area (Å²) >= 11 is 0. The Hall–Kier alpha value is -1.22. The van der Waals surface area contributed by atoms with Crippen molar-refractivity contribution in [3.05, 3.63) is 35.1 Å². The zero-order valence-corrected chi connectivity index (χ0v) is 6.75. The van der Waals surface area contributed by atoms with Gasteiger partial charge in [-0.2, -0.15) is 0 Å². The van der Waals surface area contributed by atoms with Gasteiger partial charge in [0.1, 0.15) is 5.82 Å². The normalized spacial score (nSPS) is 12.6. The van der Waals surface area contributed by atoms with Gasteiger partial charge in [-0.25, -0.2) is 4.39 Å². The van der Waals surface area contributed by atoms with Crippen molar-refractivity contribution in [1.82, 2.24) is 0 Å². The highest BCUT2D eigenvalue weighted by molar-refractivity contribution is 5.75. The van der Waals surface area contributed by atoms with Crippen LogP contribution in [0, 0.1) is 5.82 Å². The third kappa shape index (κ3) is 1.68. The molecule has 0 bridgehead atoms. The molecule has 0 amide bonds. The second-order valence-corrected chi connectivity index (χ2v) is 2.69. The first kappa shape index (κ1) is 8.87. The van der Waals surface area contributed by atoms with Crippen molar-refractivity contribution < 1.29 is 9.18 Å². The topological polar surface area (TPSA) is 43.1 Å². The number of hydrogen-bond donors (Lipinski definition) is 1. The summed E-state index contributed by atoms with van der Waals surface area (Å²) in [5.41, 5.74) is 6.37. The van der Waals surface area contributed by atoms with Gasteiger partial charge in [0.05, 0.1) is 5.56 Å². The third-order valence-electron chi connectivity index (χ3n) is 1.67. The first-order valence-corrected chi connectivity index (χ1v) is 3.65. The van der Waals surface area contributed by atoms with Crippen LogP contribution >= 0.6 is 0 Å². The summed E-state index contributed by atoms with van der Waals surface area (Å²) in [6.07, 6.45) is 0.487. The van der Waals surface area contributed by atoms with E-state index < -0.39 is 5.82 Å². The SMILES string of the molecule is CC(N)c1ccc(F)c(C=O)c1. The standard InChI is InChI=1S/C9H10FNO/c1-6(11)7-2-3-9(10)8(4-7)5-12/h2-6H,11H2,1H3. The number of rotatable bonds is 2. The molecule has 3 heteroatoms. The van der Waals surface area contributed by atoms with Crippen molar-refractivity contribution in [3.8, 4) is 0 Å². The molecular weight excluding hydrogens is 157 g/mol. The van der Waals surface area contributed by atoms with Crippen LogP contribution in [0.1, 0.15) is 28.9 Å². The van der Waals surface area contributed by atoms with E-state index in [0.29, 0.717) is 6.29 Å². The van der Waals surface area contributed by atoms with Gasteiger partial charge in [-0.3, -0.25) is 4.79 Å². The minimum absolute atomic E-state index is 0.0600. The first-order valence-electron chi connectivity index (χ1n) is 3.65. The number of halogens is 1. The molecule has 0 saturated heterocycles. The lowest BCUT2D eigenvalue weighted by molar-refractivity contribution is 0.111. The summed E-state index contributed by atoms with van der Waals surface area (Å²) in [4.78, 5) is 10.3. The lowest BCUT2D eigenvalue weighted by Crippen LogP contribution is -2.05. The van der Waals surface area contributed by atoms with Crippen LogP contribution in [0.5, 0.6) is 0 Å². The Kier molecular flexibility index (Phi) is 2.55. The molecular formula is C9H10FNO. The van der Waals surface area contributed by atoms with Gasteiger partial charge in [-0.1, -0.05) is 6.07 Å². The van der Waals surface area contributed by atoms with Crippen molar-refractivity contribution >= 4 is 6.29 Å². The minimum Gasteiger partial charge on any atom is -0.324 e. The van der Waals surface area contributed by atoms with E-state index in [1.807, 2.05) is 0 Å². The third-order valence-corrected chi connectivity index (χ3v) is 1.67. The predicted octanol–water partition coefficient (Wildman–Crippen LogP) is 1.66. The molecule has 0 aromatic heterocycles. The molecule has 1 rings (SSSR count). The van der Waals surface area contributed by atoms with Crippen LogP contribution < -0.4 is 5.73 Å². The first-order chi connectivity index (χ1) is 5.65. The summed E-state index contributed by atoms with van der Waals surface area (Å²) in [7, 11) is 0. The van der Waals surface area contributed by atoms with Gasteiger partial charge < -0.3 is 5.73 Å². The van der Waals surface area contributed by atoms with E-state index in [2.05, 4.69) is 0 Å². The van der Waals surface area contributed by atoms with Crippen LogP contribution in [-0.4, -0.2) is 6.29 Å². The fraction of sp³-hybridized carbons (Fsp3) is 0.222. The molecule has 1 unspecified atom stereocenters. The van der Waals surface area contributed by atoms with Crippen LogP contribution in [0.25, 0.3) is 0 Å². The Morgan fingerprint density at radius 3 is 2.75 bits per heavy atom. The summed E-state index contributed by atoms with van der Waals surface area (Å²) in [5, 5.41) is 0. The quantitative estimate of drug-likeness (QED) is 0.680. The fourth-order valence-corrected chi connectivity index (χ4v) is 0.936. The van der Waals surface area contributed by atoms with Gasteiger partial charge in [0, 0.05) is 6.04 Å². The Balaban J connectivity index is 3.13. The van der Waals surface area contributed by atoms with E-state index in [9.17, 15) is 9.18 Å². The molecule has 0 saturated carbocycles. The maximum absolute atomic E-state index is 12.8. The largest absolute Gasteiger partial charge is 0.324 e. The van der Waals surface area contributed by atoms with Gasteiger partial charge >= 0.3 is 0 Å². The van der Waals surface area contributed by atoms with Crippen molar-refractivity contribution in [2.45, 2.75) is 13.0 Å². The lowest BCUT2D eigenvalue weighted by atomic mass is 10.1. The molecule has 2 nitrogen and oxygen atoms in total. The number of benzene rings is 1. The average molecular weight is 167 g/mol. The second kappa shape index (κ2) is 3.45. The Bertz CT molecular complexity index is 297. The van der Waals surface area contributed by atoms with Crippen LogP contribution in [-0.2, 0) is 0 Å². The molecule has 0 spiro atoms. The molecule has 0 aliphatic carbocycles. The Morgan fingerprint density at radius 2 is 2.25 bits per heavy atom. The predicted molar refractivity (Wildman–Crippen MR) is 44.4 cm³/mol. The number of hydrogen-bond acceptors (Lipinski definition) is 2. The molecule has 1 aromatic carbocycles. The Morgan fingerprint density at radius 1 is 1.58 bits per heavy atom. The number of nitrogens with two attached hydrogens (primary N) is 1. The molecule has 0 aliphatic rings. The van der Waals surface area contributed by atoms with Crippen LogP contribution in [0.15, 0.2) is 18.2 Å². The van der Waals surface area contributed by atoms with E-state index in [-0.39, 0.29) is 11.6 Å². The van der Waals surface area contributed by atoms with Gasteiger partial charge in [-0.15, -0.1) is 0 Å². The molecule has 0 fully saturated rings. The smallest absolute Gasteiger partial charge is 0.153 e. The van der Waals surface area contributed by atoms with Crippen molar-refractivity contribution in [2.24, 2.45) is 5.73 Å². The minimum atomic E-state index is -0.505. The van der Waals surface area contributed by atoms with Gasteiger partial charge in [0.15, 0.2) is 6.29 Å². The molecule has 0 heterocycles. The lowest BCUT2D eigenvalue weighted by Gasteiger charge is -2.05. The molecule has 12 heavy (non-hydrogen) atoms. The fourth-order valence-electron chi connectivity index (χ4n) is 0.936. The van der Waals surface area contributed by atoms with E-state index in [4.69, 9.17) is 5.73 Å².